The molecule has 0 fully saturated rings. The summed E-state index contributed by atoms with van der Waals surface area (Å²) in [5.41, 5.74) is 0. The third kappa shape index (κ3) is 1.76. The van der Waals surface area contributed by atoms with E-state index in [1.54, 1.807) is 0 Å². The summed E-state index contributed by atoms with van der Waals surface area (Å²) in [4.78, 5) is 10.1. The average molecular weight is 151 g/mol. The van der Waals surface area contributed by atoms with Crippen LogP contribution in [-0.2, 0) is 15.9 Å². The second kappa shape index (κ2) is 2.45. The summed E-state index contributed by atoms with van der Waals surface area (Å²) in [6.45, 7) is 2.25. The zero-order chi connectivity index (χ0) is 7.65. The predicted molar refractivity (Wildman–Crippen MR) is 30.6 cm³/mol. The fourth-order valence-electron chi connectivity index (χ4n) is 0.0713. The first-order valence-corrected chi connectivity index (χ1v) is 3.29. The number of carboxylic acids is 1. The summed E-state index contributed by atoms with van der Waals surface area (Å²) >= 11 is -2.56. The number of carbonyl (C=O) groups is 1. The van der Waals surface area contributed by atoms with Crippen LogP contribution in [0.1, 0.15) is 13.8 Å². The molecule has 0 spiro atoms. The Hall–Kier alpha value is -0.420. The molecule has 0 aromatic carbocycles. The van der Waals surface area contributed by atoms with E-state index in [0.29, 0.717) is 0 Å². The van der Waals surface area contributed by atoms with E-state index >= 15 is 0 Å². The highest BCUT2D eigenvalue weighted by molar-refractivity contribution is 7.81. The first kappa shape index (κ1) is 8.58. The van der Waals surface area contributed by atoms with Crippen molar-refractivity contribution < 1.29 is 18.7 Å². The number of rotatable bonds is 2. The van der Waals surface area contributed by atoms with Crippen LogP contribution in [0.5, 0.6) is 0 Å². The topological polar surface area (TPSA) is 77.4 Å². The quantitative estimate of drug-likeness (QED) is 0.551. The van der Waals surface area contributed by atoms with Crippen LogP contribution in [0.15, 0.2) is 0 Å². The second-order valence-electron chi connectivity index (χ2n) is 2.05. The molecule has 0 radical (unpaired) electrons. The number of hydrogen-bond acceptors (Lipinski definition) is 3. The van der Waals surface area contributed by atoms with E-state index in [4.69, 9.17) is 5.11 Å². The summed E-state index contributed by atoms with van der Waals surface area (Å²) in [6.07, 6.45) is 0. The van der Waals surface area contributed by atoms with Crippen LogP contribution in [0, 0.1) is 0 Å². The summed E-state index contributed by atoms with van der Waals surface area (Å²) in [6, 6.07) is 0. The van der Waals surface area contributed by atoms with Gasteiger partial charge in [-0.05, 0) is 24.9 Å². The van der Waals surface area contributed by atoms with E-state index in [2.05, 4.69) is 0 Å². The van der Waals surface area contributed by atoms with Gasteiger partial charge >= 0.3 is 5.97 Å². The van der Waals surface area contributed by atoms with E-state index < -0.39 is 21.8 Å². The van der Waals surface area contributed by atoms with Crippen molar-refractivity contribution in [3.63, 3.8) is 0 Å². The third-order valence-electron chi connectivity index (χ3n) is 0.932. The maximum Gasteiger partial charge on any atom is 0.320 e. The molecule has 0 bridgehead atoms. The SMILES string of the molecule is CC(C)(C(=O)O)S(=O)[O-]. The summed E-state index contributed by atoms with van der Waals surface area (Å²) in [7, 11) is 0. The summed E-state index contributed by atoms with van der Waals surface area (Å²) < 4.78 is 18.5. The van der Waals surface area contributed by atoms with Crippen LogP contribution in [0.2, 0.25) is 0 Å². The molecule has 0 amide bonds. The molecule has 0 heterocycles. The van der Waals surface area contributed by atoms with E-state index in [9.17, 15) is 13.6 Å². The smallest absolute Gasteiger partial charge is 0.320 e. The normalized spacial score (nSPS) is 15.0. The number of aliphatic carboxylic acids is 1. The van der Waals surface area contributed by atoms with Crippen molar-refractivity contribution in [2.45, 2.75) is 18.6 Å². The Morgan fingerprint density at radius 2 is 2.00 bits per heavy atom. The Morgan fingerprint density at radius 1 is 1.67 bits per heavy atom. The Bertz CT molecular complexity index is 135. The van der Waals surface area contributed by atoms with Gasteiger partial charge in [-0.2, -0.15) is 0 Å². The lowest BCUT2D eigenvalue weighted by Crippen LogP contribution is -2.36. The molecular weight excluding hydrogens is 144 g/mol. The maximum atomic E-state index is 10.1. The minimum atomic E-state index is -2.56. The van der Waals surface area contributed by atoms with Gasteiger partial charge in [-0.15, -0.1) is 0 Å². The van der Waals surface area contributed by atoms with Crippen molar-refractivity contribution in [2.75, 3.05) is 0 Å². The molecule has 0 aromatic rings. The van der Waals surface area contributed by atoms with Gasteiger partial charge in [0.15, 0.2) is 0 Å². The zero-order valence-corrected chi connectivity index (χ0v) is 5.90. The molecular formula is C4H7O4S-. The molecule has 0 saturated heterocycles. The van der Waals surface area contributed by atoms with Crippen LogP contribution < -0.4 is 0 Å². The molecule has 5 heteroatoms. The summed E-state index contributed by atoms with van der Waals surface area (Å²) in [5, 5.41) is 8.22. The molecule has 1 atom stereocenters. The van der Waals surface area contributed by atoms with Gasteiger partial charge in [-0.1, -0.05) is 0 Å². The number of carboxylic acid groups (broad SMARTS) is 1. The van der Waals surface area contributed by atoms with Gasteiger partial charge in [0.2, 0.25) is 0 Å². The van der Waals surface area contributed by atoms with Gasteiger partial charge < -0.3 is 9.66 Å². The first-order valence-electron chi connectivity index (χ1n) is 2.22. The molecule has 0 aliphatic rings. The Morgan fingerprint density at radius 3 is 2.00 bits per heavy atom. The Kier molecular flexibility index (Phi) is 2.33. The summed E-state index contributed by atoms with van der Waals surface area (Å²) in [5.74, 6) is -1.34. The van der Waals surface area contributed by atoms with Crippen LogP contribution in [-0.4, -0.2) is 24.6 Å². The van der Waals surface area contributed by atoms with E-state index in [1.807, 2.05) is 0 Å². The standard InChI is InChI=1S/C4H8O4S/c1-4(2,3(5)6)9(7)8/h1-2H3,(H,5,6)(H,7,8)/p-1. The monoisotopic (exact) mass is 151 g/mol. The van der Waals surface area contributed by atoms with E-state index in [-0.39, 0.29) is 0 Å². The fraction of sp³-hybridized carbons (Fsp3) is 0.750. The molecule has 4 nitrogen and oxygen atoms in total. The Balaban J connectivity index is 4.38. The van der Waals surface area contributed by atoms with Crippen molar-refractivity contribution in [2.24, 2.45) is 0 Å². The molecule has 0 saturated carbocycles. The predicted octanol–water partition coefficient (Wildman–Crippen LogP) is -0.271. The van der Waals surface area contributed by atoms with Crippen molar-refractivity contribution in [1.29, 1.82) is 0 Å². The fourth-order valence-corrected chi connectivity index (χ4v) is 0.214. The lowest BCUT2D eigenvalue weighted by molar-refractivity contribution is -0.139. The van der Waals surface area contributed by atoms with Crippen molar-refractivity contribution in [3.8, 4) is 0 Å². The van der Waals surface area contributed by atoms with Crippen molar-refractivity contribution in [1.82, 2.24) is 0 Å². The van der Waals surface area contributed by atoms with Crippen molar-refractivity contribution in [3.05, 3.63) is 0 Å². The minimum Gasteiger partial charge on any atom is -0.771 e. The van der Waals surface area contributed by atoms with Gasteiger partial charge in [0.1, 0.15) is 4.75 Å². The lowest BCUT2D eigenvalue weighted by atomic mass is 10.2. The van der Waals surface area contributed by atoms with E-state index in [1.165, 1.54) is 0 Å². The number of hydrogen-bond donors (Lipinski definition) is 1. The molecule has 1 unspecified atom stereocenters. The highest BCUT2D eigenvalue weighted by Gasteiger charge is 2.27. The maximum absolute atomic E-state index is 10.1. The van der Waals surface area contributed by atoms with Gasteiger partial charge in [-0.25, -0.2) is 0 Å². The molecule has 0 rings (SSSR count). The lowest BCUT2D eigenvalue weighted by Gasteiger charge is -2.21. The molecule has 0 aliphatic heterocycles. The van der Waals surface area contributed by atoms with Gasteiger partial charge in [0.05, 0.1) is 0 Å². The molecule has 0 aliphatic carbocycles. The highest BCUT2D eigenvalue weighted by atomic mass is 32.2. The van der Waals surface area contributed by atoms with E-state index in [0.717, 1.165) is 13.8 Å². The first-order chi connectivity index (χ1) is 3.89. The molecule has 54 valence electrons. The van der Waals surface area contributed by atoms with Crippen LogP contribution in [0.3, 0.4) is 0 Å². The average Bonchev–Trinajstić information content (AvgIpc) is 1.65. The molecule has 1 N–H and O–H groups in total. The van der Waals surface area contributed by atoms with Gasteiger partial charge in [0.25, 0.3) is 0 Å². The largest absolute Gasteiger partial charge is 0.771 e. The second-order valence-corrected chi connectivity index (χ2v) is 3.54. The highest BCUT2D eigenvalue weighted by Crippen LogP contribution is 2.09. The third-order valence-corrected chi connectivity index (χ3v) is 1.94. The molecule has 9 heavy (non-hydrogen) atoms. The zero-order valence-electron chi connectivity index (χ0n) is 5.08. The van der Waals surface area contributed by atoms with Crippen LogP contribution in [0.25, 0.3) is 0 Å². The van der Waals surface area contributed by atoms with Gasteiger partial charge in [-0.3, -0.25) is 9.00 Å². The Labute approximate surface area is 55.2 Å². The van der Waals surface area contributed by atoms with Crippen LogP contribution in [0.4, 0.5) is 0 Å². The molecule has 0 aromatic heterocycles. The minimum absolute atomic E-state index is 1.12. The van der Waals surface area contributed by atoms with Gasteiger partial charge in [0, 0.05) is 0 Å². The van der Waals surface area contributed by atoms with Crippen molar-refractivity contribution >= 4 is 17.0 Å². The van der Waals surface area contributed by atoms with Crippen LogP contribution >= 0.6 is 0 Å².